The van der Waals surface area contributed by atoms with Gasteiger partial charge in [-0.1, -0.05) is 18.2 Å². The lowest BCUT2D eigenvalue weighted by Gasteiger charge is -2.38. The Kier molecular flexibility index (Phi) is 8.16. The molecule has 0 radical (unpaired) electrons. The number of nitriles is 1. The van der Waals surface area contributed by atoms with Crippen LogP contribution in [0.3, 0.4) is 0 Å². The first kappa shape index (κ1) is 28.9. The molecule has 202 valence electrons. The van der Waals surface area contributed by atoms with Crippen LogP contribution < -0.4 is 10.2 Å². The highest BCUT2D eigenvalue weighted by molar-refractivity contribution is 6.12. The van der Waals surface area contributed by atoms with Crippen molar-refractivity contribution < 1.29 is 32.3 Å². The Labute approximate surface area is 223 Å². The van der Waals surface area contributed by atoms with Crippen molar-refractivity contribution in [1.29, 1.82) is 5.26 Å². The highest BCUT2D eigenvalue weighted by Gasteiger charge is 2.47. The summed E-state index contributed by atoms with van der Waals surface area (Å²) in [6, 6.07) is 11.9. The zero-order chi connectivity index (χ0) is 29.1. The number of esters is 1. The first-order valence-electron chi connectivity index (χ1n) is 11.8. The van der Waals surface area contributed by atoms with Gasteiger partial charge in [0.2, 0.25) is 11.8 Å². The number of rotatable bonds is 5. The number of anilines is 1. The highest BCUT2D eigenvalue weighted by Crippen LogP contribution is 2.43. The van der Waals surface area contributed by atoms with E-state index in [0.717, 1.165) is 23.1 Å². The number of nitrogens with zero attached hydrogens (tertiary/aromatic N) is 3. The Hall–Kier alpha value is -4.64. The lowest BCUT2D eigenvalue weighted by Crippen LogP contribution is -2.50. The second-order valence-corrected chi connectivity index (χ2v) is 9.80. The van der Waals surface area contributed by atoms with Crippen molar-refractivity contribution in [3.63, 3.8) is 0 Å². The first-order chi connectivity index (χ1) is 18.2. The van der Waals surface area contributed by atoms with Gasteiger partial charge in [0.15, 0.2) is 5.70 Å². The minimum absolute atomic E-state index is 0.0471. The van der Waals surface area contributed by atoms with Crippen LogP contribution in [0.15, 0.2) is 59.9 Å². The molecule has 0 aromatic heterocycles. The number of benzene rings is 2. The largest absolute Gasteiger partial charge is 0.459 e. The Morgan fingerprint density at radius 2 is 1.79 bits per heavy atom. The fourth-order valence-electron chi connectivity index (χ4n) is 4.26. The number of alkyl halides is 3. The van der Waals surface area contributed by atoms with Crippen LogP contribution in [0.25, 0.3) is 4.85 Å². The number of hydrogen-bond donors (Lipinski definition) is 1. The summed E-state index contributed by atoms with van der Waals surface area (Å²) in [7, 11) is 0. The smallest absolute Gasteiger partial charge is 0.416 e. The molecule has 0 saturated carbocycles. The molecule has 3 rings (SSSR count). The topological polar surface area (TPSA) is 104 Å². The molecule has 2 unspecified atom stereocenters. The molecule has 0 saturated heterocycles. The molecule has 0 aliphatic carbocycles. The predicted molar refractivity (Wildman–Crippen MR) is 134 cm³/mol. The van der Waals surface area contributed by atoms with Gasteiger partial charge in [-0.05, 0) is 63.6 Å². The van der Waals surface area contributed by atoms with Crippen LogP contribution in [0, 0.1) is 23.8 Å². The molecule has 11 heteroatoms. The number of hydrogen-bond acceptors (Lipinski definition) is 5. The van der Waals surface area contributed by atoms with E-state index < -0.39 is 53.5 Å². The number of ether oxygens (including phenoxy) is 1. The van der Waals surface area contributed by atoms with Crippen LogP contribution in [-0.4, -0.2) is 29.9 Å². The van der Waals surface area contributed by atoms with Gasteiger partial charge in [-0.2, -0.15) is 18.4 Å². The molecule has 2 aromatic carbocycles. The number of nitrogens with one attached hydrogen (secondary N) is 1. The molecule has 1 aliphatic rings. The van der Waals surface area contributed by atoms with Gasteiger partial charge >= 0.3 is 12.1 Å². The maximum Gasteiger partial charge on any atom is 0.416 e. The van der Waals surface area contributed by atoms with Gasteiger partial charge in [-0.25, -0.2) is 4.85 Å². The van der Waals surface area contributed by atoms with E-state index in [4.69, 9.17) is 16.6 Å². The van der Waals surface area contributed by atoms with E-state index in [0.29, 0.717) is 11.1 Å². The molecule has 0 fully saturated rings. The summed E-state index contributed by atoms with van der Waals surface area (Å²) in [5.74, 6) is -5.28. The summed E-state index contributed by atoms with van der Waals surface area (Å²) in [5.41, 5.74) is -1.32. The average molecular weight is 539 g/mol. The fraction of sp³-hybridized carbons (Fsp3) is 0.321. The Balaban J connectivity index is 2.13. The molecule has 39 heavy (non-hydrogen) atoms. The number of allylic oxidation sites excluding steroid dienone is 2. The average Bonchev–Trinajstić information content (AvgIpc) is 2.86. The van der Waals surface area contributed by atoms with E-state index in [1.54, 1.807) is 20.8 Å². The number of carbonyl (C=O) groups is 3. The molecule has 1 heterocycles. The first-order valence-corrected chi connectivity index (χ1v) is 11.8. The highest BCUT2D eigenvalue weighted by atomic mass is 19.4. The van der Waals surface area contributed by atoms with Gasteiger partial charge in [-0.15, -0.1) is 0 Å². The number of amides is 2. The Morgan fingerprint density at radius 3 is 2.33 bits per heavy atom. The quantitative estimate of drug-likeness (QED) is 0.330. The van der Waals surface area contributed by atoms with E-state index in [1.165, 1.54) is 37.3 Å². The van der Waals surface area contributed by atoms with Crippen LogP contribution in [0.2, 0.25) is 0 Å². The Bertz CT molecular complexity index is 1410. The molecule has 2 aromatic rings. The molecule has 1 N–H and O–H groups in total. The van der Waals surface area contributed by atoms with Crippen molar-refractivity contribution in [2.24, 2.45) is 5.92 Å². The summed E-state index contributed by atoms with van der Waals surface area (Å²) in [6.45, 7) is 13.6. The second-order valence-electron chi connectivity index (χ2n) is 9.80. The van der Waals surface area contributed by atoms with Gasteiger partial charge in [0.1, 0.15) is 18.1 Å². The van der Waals surface area contributed by atoms with Crippen LogP contribution in [0.1, 0.15) is 50.3 Å². The lowest BCUT2D eigenvalue weighted by atomic mass is 9.78. The zero-order valence-electron chi connectivity index (χ0n) is 21.6. The van der Waals surface area contributed by atoms with Gasteiger partial charge < -0.3 is 10.1 Å². The third kappa shape index (κ3) is 6.44. The van der Waals surface area contributed by atoms with Crippen LogP contribution in [0.5, 0.6) is 0 Å². The van der Waals surface area contributed by atoms with Crippen molar-refractivity contribution in [1.82, 2.24) is 5.32 Å². The van der Waals surface area contributed by atoms with E-state index >= 15 is 0 Å². The molecule has 2 atom stereocenters. The van der Waals surface area contributed by atoms with Crippen LogP contribution in [0.4, 0.5) is 18.9 Å². The summed E-state index contributed by atoms with van der Waals surface area (Å²) in [4.78, 5) is 44.0. The molecule has 0 bridgehead atoms. The second kappa shape index (κ2) is 11.0. The minimum atomic E-state index is -4.69. The summed E-state index contributed by atoms with van der Waals surface area (Å²) < 4.78 is 45.5. The van der Waals surface area contributed by atoms with Crippen molar-refractivity contribution in [2.45, 2.75) is 45.4 Å². The van der Waals surface area contributed by atoms with Crippen molar-refractivity contribution >= 4 is 23.5 Å². The molecule has 8 nitrogen and oxygen atoms in total. The summed E-state index contributed by atoms with van der Waals surface area (Å²) in [6.07, 6.45) is -4.69. The molecule has 0 spiro atoms. The molecule has 2 amide bonds. The zero-order valence-corrected chi connectivity index (χ0v) is 21.6. The normalized spacial score (nSPS) is 17.8. The monoisotopic (exact) mass is 538 g/mol. The van der Waals surface area contributed by atoms with Gasteiger partial charge in [0.05, 0.1) is 23.8 Å². The van der Waals surface area contributed by atoms with Gasteiger partial charge in [-0.3, -0.25) is 19.3 Å². The fourth-order valence-corrected chi connectivity index (χ4v) is 4.26. The molecular formula is C28H25F3N4O4. The van der Waals surface area contributed by atoms with Gasteiger partial charge in [0, 0.05) is 17.3 Å². The minimum Gasteiger partial charge on any atom is -0.459 e. The van der Waals surface area contributed by atoms with Crippen LogP contribution >= 0.6 is 0 Å². The summed E-state index contributed by atoms with van der Waals surface area (Å²) >= 11 is 0. The van der Waals surface area contributed by atoms with Crippen molar-refractivity contribution in [3.8, 4) is 6.07 Å². The summed E-state index contributed by atoms with van der Waals surface area (Å²) in [5, 5.41) is 11.5. The van der Waals surface area contributed by atoms with E-state index in [-0.39, 0.29) is 17.1 Å². The SMILES string of the molecule is [C-]#[N+]C1=C(C)N(c2cccc(C(F)(F)F)c2)C(=O)C(C(=O)NCC(=O)OC(C)(C)C)C1c1ccc(C#N)cc1. The van der Waals surface area contributed by atoms with Crippen LogP contribution in [-0.2, 0) is 25.3 Å². The Morgan fingerprint density at radius 1 is 1.15 bits per heavy atom. The van der Waals surface area contributed by atoms with Gasteiger partial charge in [0.25, 0.3) is 0 Å². The van der Waals surface area contributed by atoms with E-state index in [1.807, 2.05) is 6.07 Å². The van der Waals surface area contributed by atoms with E-state index in [9.17, 15) is 27.6 Å². The third-order valence-corrected chi connectivity index (χ3v) is 5.88. The number of carbonyl (C=O) groups excluding carboxylic acids is 3. The predicted octanol–water partition coefficient (Wildman–Crippen LogP) is 4.93. The number of halogens is 3. The molecular weight excluding hydrogens is 513 g/mol. The maximum absolute atomic E-state index is 13.9. The van der Waals surface area contributed by atoms with Crippen molar-refractivity contribution in [2.75, 3.05) is 11.4 Å². The third-order valence-electron chi connectivity index (χ3n) is 5.88. The van der Waals surface area contributed by atoms with Crippen molar-refractivity contribution in [3.05, 3.63) is 88.0 Å². The van der Waals surface area contributed by atoms with E-state index in [2.05, 4.69) is 10.2 Å². The lowest BCUT2D eigenvalue weighted by molar-refractivity contribution is -0.155. The standard InChI is InChI=1S/C28H25F3N4O4/c1-16-24(33-5)22(18-11-9-17(14-32)10-12-18)23(25(37)34-15-21(36)39-27(2,3)4)26(38)35(16)20-8-6-7-19(13-20)28(29,30)31/h6-13,22-23H,15H2,1-4H3,(H,34,37). The molecule has 1 aliphatic heterocycles. The maximum atomic E-state index is 13.9.